The summed E-state index contributed by atoms with van der Waals surface area (Å²) in [6, 6.07) is 0. The molecular formula is C18H38N2. The van der Waals surface area contributed by atoms with E-state index in [0.29, 0.717) is 0 Å². The fraction of sp³-hybridized carbons (Fsp3) is 1.00. The number of hydrogen-bond acceptors (Lipinski definition) is 2. The molecule has 1 rings (SSSR count). The van der Waals surface area contributed by atoms with Gasteiger partial charge in [0.05, 0.1) is 0 Å². The highest BCUT2D eigenvalue weighted by atomic mass is 15.1. The molecule has 0 bridgehead atoms. The van der Waals surface area contributed by atoms with Gasteiger partial charge in [-0.25, -0.2) is 0 Å². The topological polar surface area (TPSA) is 15.3 Å². The van der Waals surface area contributed by atoms with Crippen molar-refractivity contribution in [3.05, 3.63) is 0 Å². The maximum atomic E-state index is 3.69. The lowest BCUT2D eigenvalue weighted by atomic mass is 10.1. The van der Waals surface area contributed by atoms with Crippen LogP contribution in [0, 0.1) is 17.8 Å². The Morgan fingerprint density at radius 3 is 1.95 bits per heavy atom. The molecule has 1 saturated carbocycles. The van der Waals surface area contributed by atoms with E-state index in [9.17, 15) is 0 Å². The highest BCUT2D eigenvalue weighted by Crippen LogP contribution is 2.23. The standard InChI is InChI=1S/C18H38N2/c1-16(2)9-12-20(13-10-17(3)4)14-11-19-15-18-7-5-6-8-18/h16-19H,5-15H2,1-4H3. The van der Waals surface area contributed by atoms with Gasteiger partial charge in [-0.05, 0) is 63.1 Å². The molecule has 0 aromatic heterocycles. The van der Waals surface area contributed by atoms with Crippen LogP contribution >= 0.6 is 0 Å². The third-order valence-corrected chi connectivity index (χ3v) is 4.56. The van der Waals surface area contributed by atoms with Crippen LogP contribution in [0.3, 0.4) is 0 Å². The second kappa shape index (κ2) is 10.6. The van der Waals surface area contributed by atoms with Gasteiger partial charge in [-0.3, -0.25) is 0 Å². The molecule has 0 atom stereocenters. The summed E-state index contributed by atoms with van der Waals surface area (Å²) in [5.74, 6) is 2.61. The SMILES string of the molecule is CC(C)CCN(CCNCC1CCCC1)CCC(C)C. The van der Waals surface area contributed by atoms with Crippen LogP contribution < -0.4 is 5.32 Å². The molecule has 1 N–H and O–H groups in total. The molecule has 2 nitrogen and oxygen atoms in total. The number of rotatable bonds is 11. The van der Waals surface area contributed by atoms with Gasteiger partial charge in [0.15, 0.2) is 0 Å². The van der Waals surface area contributed by atoms with E-state index in [-0.39, 0.29) is 0 Å². The summed E-state index contributed by atoms with van der Waals surface area (Å²) < 4.78 is 0. The van der Waals surface area contributed by atoms with Gasteiger partial charge in [-0.1, -0.05) is 40.5 Å². The van der Waals surface area contributed by atoms with Gasteiger partial charge < -0.3 is 10.2 Å². The van der Waals surface area contributed by atoms with Crippen molar-refractivity contribution in [3.8, 4) is 0 Å². The Morgan fingerprint density at radius 2 is 1.45 bits per heavy atom. The minimum Gasteiger partial charge on any atom is -0.315 e. The summed E-state index contributed by atoms with van der Waals surface area (Å²) in [5, 5.41) is 3.69. The van der Waals surface area contributed by atoms with Crippen LogP contribution in [0.2, 0.25) is 0 Å². The normalized spacial score (nSPS) is 16.9. The average molecular weight is 283 g/mol. The van der Waals surface area contributed by atoms with E-state index in [4.69, 9.17) is 0 Å². The van der Waals surface area contributed by atoms with Gasteiger partial charge in [0, 0.05) is 13.1 Å². The zero-order chi connectivity index (χ0) is 14.8. The molecule has 0 saturated heterocycles. The summed E-state index contributed by atoms with van der Waals surface area (Å²) >= 11 is 0. The van der Waals surface area contributed by atoms with E-state index in [2.05, 4.69) is 37.9 Å². The smallest absolute Gasteiger partial charge is 0.0107 e. The van der Waals surface area contributed by atoms with Crippen molar-refractivity contribution in [2.75, 3.05) is 32.7 Å². The molecule has 0 spiro atoms. The Hall–Kier alpha value is -0.0800. The van der Waals surface area contributed by atoms with Gasteiger partial charge in [-0.15, -0.1) is 0 Å². The van der Waals surface area contributed by atoms with E-state index in [1.54, 1.807) is 0 Å². The maximum Gasteiger partial charge on any atom is 0.0107 e. The van der Waals surface area contributed by atoms with Gasteiger partial charge >= 0.3 is 0 Å². The van der Waals surface area contributed by atoms with Crippen LogP contribution in [0.25, 0.3) is 0 Å². The Labute approximate surface area is 127 Å². The molecule has 0 aromatic rings. The predicted molar refractivity (Wildman–Crippen MR) is 90.2 cm³/mol. The monoisotopic (exact) mass is 282 g/mol. The Kier molecular flexibility index (Phi) is 9.54. The van der Waals surface area contributed by atoms with E-state index >= 15 is 0 Å². The van der Waals surface area contributed by atoms with Crippen LogP contribution in [-0.4, -0.2) is 37.6 Å². The van der Waals surface area contributed by atoms with E-state index in [0.717, 1.165) is 17.8 Å². The molecule has 0 amide bonds. The van der Waals surface area contributed by atoms with Crippen LogP contribution in [0.5, 0.6) is 0 Å². The molecule has 2 heteroatoms. The average Bonchev–Trinajstić information content (AvgIpc) is 2.89. The largest absolute Gasteiger partial charge is 0.315 e. The summed E-state index contributed by atoms with van der Waals surface area (Å²) in [6.45, 7) is 15.5. The van der Waals surface area contributed by atoms with Crippen molar-refractivity contribution in [2.45, 2.75) is 66.2 Å². The molecule has 1 aliphatic rings. The highest BCUT2D eigenvalue weighted by molar-refractivity contribution is 4.70. The zero-order valence-electron chi connectivity index (χ0n) is 14.5. The quantitative estimate of drug-likeness (QED) is 0.572. The van der Waals surface area contributed by atoms with Gasteiger partial charge in [0.2, 0.25) is 0 Å². The molecule has 1 fully saturated rings. The predicted octanol–water partition coefficient (Wildman–Crippen LogP) is 4.16. The Bertz CT molecular complexity index is 207. The third kappa shape index (κ3) is 8.97. The molecule has 0 radical (unpaired) electrons. The first-order valence-corrected chi connectivity index (χ1v) is 9.01. The second-order valence-electron chi connectivity index (χ2n) is 7.56. The van der Waals surface area contributed by atoms with E-state index in [1.165, 1.54) is 71.2 Å². The molecule has 0 unspecified atom stereocenters. The molecule has 0 heterocycles. The van der Waals surface area contributed by atoms with Crippen LogP contribution in [0.1, 0.15) is 66.2 Å². The van der Waals surface area contributed by atoms with Crippen molar-refractivity contribution in [1.29, 1.82) is 0 Å². The van der Waals surface area contributed by atoms with Gasteiger partial charge in [-0.2, -0.15) is 0 Å². The highest BCUT2D eigenvalue weighted by Gasteiger charge is 2.14. The molecule has 1 aliphatic carbocycles. The number of nitrogens with zero attached hydrogens (tertiary/aromatic N) is 1. The molecule has 120 valence electrons. The van der Waals surface area contributed by atoms with E-state index < -0.39 is 0 Å². The summed E-state index contributed by atoms with van der Waals surface area (Å²) in [5.41, 5.74) is 0. The molecule has 20 heavy (non-hydrogen) atoms. The third-order valence-electron chi connectivity index (χ3n) is 4.56. The van der Waals surface area contributed by atoms with Crippen molar-refractivity contribution in [2.24, 2.45) is 17.8 Å². The van der Waals surface area contributed by atoms with Crippen LogP contribution in [-0.2, 0) is 0 Å². The van der Waals surface area contributed by atoms with Crippen LogP contribution in [0.15, 0.2) is 0 Å². The molecule has 0 aliphatic heterocycles. The summed E-state index contributed by atoms with van der Waals surface area (Å²) in [6.07, 6.45) is 8.50. The van der Waals surface area contributed by atoms with Crippen molar-refractivity contribution < 1.29 is 0 Å². The lowest BCUT2D eigenvalue weighted by molar-refractivity contribution is 0.242. The van der Waals surface area contributed by atoms with Gasteiger partial charge in [0.1, 0.15) is 0 Å². The minimum atomic E-state index is 0.822. The van der Waals surface area contributed by atoms with E-state index in [1.807, 2.05) is 0 Å². The first-order valence-electron chi connectivity index (χ1n) is 9.01. The Balaban J connectivity index is 2.13. The lowest BCUT2D eigenvalue weighted by Gasteiger charge is -2.24. The van der Waals surface area contributed by atoms with Crippen molar-refractivity contribution in [1.82, 2.24) is 10.2 Å². The Morgan fingerprint density at radius 1 is 0.900 bits per heavy atom. The van der Waals surface area contributed by atoms with Crippen molar-refractivity contribution in [3.63, 3.8) is 0 Å². The molecular weight excluding hydrogens is 244 g/mol. The minimum absolute atomic E-state index is 0.822. The number of hydrogen-bond donors (Lipinski definition) is 1. The number of nitrogens with one attached hydrogen (secondary N) is 1. The second-order valence-corrected chi connectivity index (χ2v) is 7.56. The summed E-state index contributed by atoms with van der Waals surface area (Å²) in [7, 11) is 0. The van der Waals surface area contributed by atoms with Crippen LogP contribution in [0.4, 0.5) is 0 Å². The molecule has 0 aromatic carbocycles. The zero-order valence-corrected chi connectivity index (χ0v) is 14.5. The fourth-order valence-corrected chi connectivity index (χ4v) is 2.97. The lowest BCUT2D eigenvalue weighted by Crippen LogP contribution is -2.35. The first kappa shape index (κ1) is 18.0. The fourth-order valence-electron chi connectivity index (χ4n) is 2.97. The van der Waals surface area contributed by atoms with Crippen molar-refractivity contribution >= 4 is 0 Å². The van der Waals surface area contributed by atoms with Gasteiger partial charge in [0.25, 0.3) is 0 Å². The summed E-state index contributed by atoms with van der Waals surface area (Å²) in [4.78, 5) is 2.67. The maximum absolute atomic E-state index is 3.69. The first-order chi connectivity index (χ1) is 9.58.